The Morgan fingerprint density at radius 1 is 1.16 bits per heavy atom. The highest BCUT2D eigenvalue weighted by atomic mass is 79.9. The summed E-state index contributed by atoms with van der Waals surface area (Å²) in [6.45, 7) is 1.10. The summed E-state index contributed by atoms with van der Waals surface area (Å²) < 4.78 is 38.4. The Morgan fingerprint density at radius 3 is 2.56 bits per heavy atom. The lowest BCUT2D eigenvalue weighted by Gasteiger charge is -2.29. The molecule has 0 aliphatic carbocycles. The van der Waals surface area contributed by atoms with Crippen molar-refractivity contribution in [2.24, 2.45) is 0 Å². The van der Waals surface area contributed by atoms with Gasteiger partial charge in [0.2, 0.25) is 0 Å². The first kappa shape index (κ1) is 17.7. The number of hydrogen-bond acceptors (Lipinski definition) is 4. The Morgan fingerprint density at radius 2 is 1.88 bits per heavy atom. The highest BCUT2D eigenvalue weighted by Gasteiger charge is 2.21. The second-order valence-corrected chi connectivity index (χ2v) is 7.38. The molecule has 9 heteroatoms. The fourth-order valence-electron chi connectivity index (χ4n) is 2.61. The molecule has 2 aromatic carbocycles. The zero-order valence-corrected chi connectivity index (χ0v) is 15.3. The number of nitrogens with zero attached hydrogens (tertiary/aromatic N) is 1. The van der Waals surface area contributed by atoms with Crippen molar-refractivity contribution in [1.82, 2.24) is 4.90 Å². The van der Waals surface area contributed by atoms with Crippen molar-refractivity contribution in [3.63, 3.8) is 0 Å². The fourth-order valence-corrected chi connectivity index (χ4v) is 3.36. The molecule has 0 atom stereocenters. The summed E-state index contributed by atoms with van der Waals surface area (Å²) >= 11 is 3.44. The third-order valence-corrected chi connectivity index (χ3v) is 4.65. The Kier molecular flexibility index (Phi) is 4.96. The van der Waals surface area contributed by atoms with Gasteiger partial charge in [-0.1, -0.05) is 25.9 Å². The number of nitrogens with one attached hydrogen (secondary N) is 1. The van der Waals surface area contributed by atoms with E-state index in [1.165, 1.54) is 29.8 Å². The van der Waals surface area contributed by atoms with E-state index in [0.717, 1.165) is 16.5 Å². The number of carbonyl (C=O) groups is 1. The Labute approximate surface area is 153 Å². The van der Waals surface area contributed by atoms with Crippen molar-refractivity contribution in [3.05, 3.63) is 58.1 Å². The van der Waals surface area contributed by atoms with Gasteiger partial charge < -0.3 is 14.4 Å². The van der Waals surface area contributed by atoms with Gasteiger partial charge in [0.15, 0.2) is 0 Å². The van der Waals surface area contributed by atoms with Crippen LogP contribution in [0.25, 0.3) is 0 Å². The molecule has 0 aromatic heterocycles. The van der Waals surface area contributed by atoms with Gasteiger partial charge in [-0.15, -0.1) is 0 Å². The van der Waals surface area contributed by atoms with Crippen LogP contribution in [0.5, 0.6) is 5.75 Å². The van der Waals surface area contributed by atoms with E-state index in [0.29, 0.717) is 18.8 Å². The van der Waals surface area contributed by atoms with Crippen molar-refractivity contribution in [2.45, 2.75) is 13.0 Å². The number of anilines is 1. The predicted octanol–water partition coefficient (Wildman–Crippen LogP) is 3.63. The Balaban J connectivity index is 1.64. The molecule has 2 aromatic rings. The molecular weight excluding hydrogens is 415 g/mol. The lowest BCUT2D eigenvalue weighted by molar-refractivity contribution is 0.206. The summed E-state index contributed by atoms with van der Waals surface area (Å²) in [4.78, 5) is 14.1. The maximum absolute atomic E-state index is 12.4. The van der Waals surface area contributed by atoms with Crippen LogP contribution in [-0.2, 0) is 23.5 Å². The molecule has 2 amide bonds. The molecule has 0 bridgehead atoms. The highest BCUT2D eigenvalue weighted by Crippen LogP contribution is 2.24. The molecule has 0 unspecified atom stereocenters. The Bertz CT molecular complexity index is 903. The quantitative estimate of drug-likeness (QED) is 0.757. The van der Waals surface area contributed by atoms with Crippen molar-refractivity contribution in [3.8, 4) is 5.75 Å². The van der Waals surface area contributed by atoms with Crippen LogP contribution in [0.15, 0.2) is 46.9 Å². The molecule has 1 aliphatic rings. The molecular formula is C16H14BrFN2O4S. The van der Waals surface area contributed by atoms with E-state index >= 15 is 0 Å². The standard InChI is InChI=1S/C16H14BrFN2O4S/c17-13-2-1-12-10-20(8-7-11(12)9-13)16(21)19-14-3-5-15(6-4-14)24-25(18,22)23/h1-6,9H,7-8,10H2,(H,19,21). The summed E-state index contributed by atoms with van der Waals surface area (Å²) in [5, 5.41) is 2.72. The molecule has 132 valence electrons. The van der Waals surface area contributed by atoms with E-state index in [-0.39, 0.29) is 11.8 Å². The molecule has 1 aliphatic heterocycles. The van der Waals surface area contributed by atoms with Crippen LogP contribution in [0.4, 0.5) is 14.4 Å². The van der Waals surface area contributed by atoms with E-state index in [1.807, 2.05) is 12.1 Å². The molecule has 6 nitrogen and oxygen atoms in total. The minimum Gasteiger partial charge on any atom is -0.358 e. The average molecular weight is 429 g/mol. The number of halogens is 2. The number of carbonyl (C=O) groups excluding carboxylic acids is 1. The molecule has 0 saturated heterocycles. The molecule has 0 spiro atoms. The molecule has 1 heterocycles. The SMILES string of the molecule is O=C(Nc1ccc(OS(=O)(=O)F)cc1)N1CCc2cc(Br)ccc2C1. The molecule has 3 rings (SSSR count). The summed E-state index contributed by atoms with van der Waals surface area (Å²) in [5.41, 5.74) is 2.77. The minimum absolute atomic E-state index is 0.169. The van der Waals surface area contributed by atoms with Crippen molar-refractivity contribution >= 4 is 38.2 Å². The average Bonchev–Trinajstić information content (AvgIpc) is 2.54. The van der Waals surface area contributed by atoms with E-state index in [1.54, 1.807) is 4.90 Å². The maximum Gasteiger partial charge on any atom is 0.488 e. The van der Waals surface area contributed by atoms with Crippen LogP contribution in [-0.4, -0.2) is 25.9 Å². The second kappa shape index (κ2) is 7.01. The van der Waals surface area contributed by atoms with Gasteiger partial charge >= 0.3 is 16.5 Å². The number of rotatable bonds is 3. The third kappa shape index (κ3) is 4.70. The zero-order chi connectivity index (χ0) is 18.0. The highest BCUT2D eigenvalue weighted by molar-refractivity contribution is 9.10. The Hall–Kier alpha value is -2.13. The van der Waals surface area contributed by atoms with Crippen molar-refractivity contribution in [2.75, 3.05) is 11.9 Å². The van der Waals surface area contributed by atoms with Crippen molar-refractivity contribution in [1.29, 1.82) is 0 Å². The first-order valence-electron chi connectivity index (χ1n) is 7.37. The molecule has 0 saturated carbocycles. The summed E-state index contributed by atoms with van der Waals surface area (Å²) in [5.74, 6) is -0.169. The molecule has 0 radical (unpaired) electrons. The van der Waals surface area contributed by atoms with Crippen LogP contribution >= 0.6 is 15.9 Å². The van der Waals surface area contributed by atoms with E-state index < -0.39 is 10.5 Å². The van der Waals surface area contributed by atoms with Crippen LogP contribution in [0, 0.1) is 0 Å². The van der Waals surface area contributed by atoms with Gasteiger partial charge in [-0.3, -0.25) is 0 Å². The number of fused-ring (bicyclic) bond motifs is 1. The van der Waals surface area contributed by atoms with Crippen LogP contribution in [0.2, 0.25) is 0 Å². The summed E-state index contributed by atoms with van der Waals surface area (Å²) in [6.07, 6.45) is 0.767. The predicted molar refractivity (Wildman–Crippen MR) is 94.4 cm³/mol. The minimum atomic E-state index is -5.06. The third-order valence-electron chi connectivity index (χ3n) is 3.77. The van der Waals surface area contributed by atoms with Gasteiger partial charge in [0, 0.05) is 23.2 Å². The first-order chi connectivity index (χ1) is 11.8. The largest absolute Gasteiger partial charge is 0.488 e. The van der Waals surface area contributed by atoms with E-state index in [2.05, 4.69) is 31.5 Å². The van der Waals surface area contributed by atoms with Crippen LogP contribution < -0.4 is 9.50 Å². The zero-order valence-electron chi connectivity index (χ0n) is 12.9. The van der Waals surface area contributed by atoms with Crippen LogP contribution in [0.3, 0.4) is 0 Å². The van der Waals surface area contributed by atoms with Gasteiger partial charge in [0.25, 0.3) is 0 Å². The summed E-state index contributed by atoms with van der Waals surface area (Å²) in [6, 6.07) is 11.1. The van der Waals surface area contributed by atoms with Gasteiger partial charge in [0.1, 0.15) is 5.75 Å². The van der Waals surface area contributed by atoms with Gasteiger partial charge in [-0.2, -0.15) is 8.42 Å². The second-order valence-electron chi connectivity index (χ2n) is 5.52. The van der Waals surface area contributed by atoms with Crippen LogP contribution in [0.1, 0.15) is 11.1 Å². The topological polar surface area (TPSA) is 75.7 Å². The van der Waals surface area contributed by atoms with Gasteiger partial charge in [-0.25, -0.2) is 4.79 Å². The van der Waals surface area contributed by atoms with Gasteiger partial charge in [0.05, 0.1) is 0 Å². The van der Waals surface area contributed by atoms with Crippen molar-refractivity contribution < 1.29 is 21.3 Å². The first-order valence-corrected chi connectivity index (χ1v) is 9.48. The molecule has 25 heavy (non-hydrogen) atoms. The molecule has 1 N–H and O–H groups in total. The monoisotopic (exact) mass is 428 g/mol. The smallest absolute Gasteiger partial charge is 0.358 e. The lowest BCUT2D eigenvalue weighted by atomic mass is 10.0. The number of amides is 2. The lowest BCUT2D eigenvalue weighted by Crippen LogP contribution is -2.38. The number of hydrogen-bond donors (Lipinski definition) is 1. The van der Waals surface area contributed by atoms with E-state index in [4.69, 9.17) is 0 Å². The summed E-state index contributed by atoms with van der Waals surface area (Å²) in [7, 11) is -5.06. The fraction of sp³-hybridized carbons (Fsp3) is 0.188. The number of urea groups is 1. The number of benzene rings is 2. The van der Waals surface area contributed by atoms with Gasteiger partial charge in [-0.05, 0) is 53.9 Å². The molecule has 0 fully saturated rings. The van der Waals surface area contributed by atoms with E-state index in [9.17, 15) is 17.1 Å². The normalized spacial score (nSPS) is 13.9. The maximum atomic E-state index is 12.4.